The maximum Gasteiger partial charge on any atom is 0.262 e. The molecule has 3 heterocycles. The molecule has 19 heavy (non-hydrogen) atoms. The van der Waals surface area contributed by atoms with Crippen molar-refractivity contribution >= 4 is 5.65 Å². The van der Waals surface area contributed by atoms with Crippen LogP contribution in [0.3, 0.4) is 0 Å². The van der Waals surface area contributed by atoms with Crippen LogP contribution in [0.15, 0.2) is 29.2 Å². The zero-order valence-corrected chi connectivity index (χ0v) is 11.0. The lowest BCUT2D eigenvalue weighted by atomic mass is 10.2. The average Bonchev–Trinajstić information content (AvgIpc) is 2.45. The molecule has 0 amide bonds. The largest absolute Gasteiger partial charge is 0.379 e. The lowest BCUT2D eigenvalue weighted by Crippen LogP contribution is -2.38. The van der Waals surface area contributed by atoms with E-state index in [1.165, 1.54) is 0 Å². The fourth-order valence-corrected chi connectivity index (χ4v) is 2.40. The Kier molecular flexibility index (Phi) is 3.31. The van der Waals surface area contributed by atoms with Gasteiger partial charge in [0.2, 0.25) is 0 Å². The topological polar surface area (TPSA) is 46.8 Å². The maximum absolute atomic E-state index is 12.5. The van der Waals surface area contributed by atoms with Gasteiger partial charge in [-0.25, -0.2) is 4.98 Å². The summed E-state index contributed by atoms with van der Waals surface area (Å²) in [6.07, 6.45) is 1.77. The number of fused-ring (bicyclic) bond motifs is 1. The second-order valence-corrected chi connectivity index (χ2v) is 4.80. The van der Waals surface area contributed by atoms with E-state index in [0.717, 1.165) is 37.6 Å². The van der Waals surface area contributed by atoms with E-state index < -0.39 is 0 Å². The molecule has 1 fully saturated rings. The molecule has 0 atom stereocenters. The third-order valence-electron chi connectivity index (χ3n) is 3.52. The van der Waals surface area contributed by atoms with Gasteiger partial charge >= 0.3 is 0 Å². The van der Waals surface area contributed by atoms with Gasteiger partial charge in [0.15, 0.2) is 0 Å². The number of aryl methyl sites for hydroxylation is 1. The fraction of sp³-hybridized carbons (Fsp3) is 0.429. The van der Waals surface area contributed by atoms with Gasteiger partial charge in [-0.05, 0) is 19.1 Å². The molecule has 3 rings (SSSR count). The SMILES string of the molecule is Cc1nc2ccccn2c(=O)c1CN1CCOCC1. The summed E-state index contributed by atoms with van der Waals surface area (Å²) < 4.78 is 6.94. The number of hydrogen-bond acceptors (Lipinski definition) is 4. The van der Waals surface area contributed by atoms with Crippen LogP contribution >= 0.6 is 0 Å². The maximum atomic E-state index is 12.5. The Morgan fingerprint density at radius 3 is 2.89 bits per heavy atom. The number of nitrogens with zero attached hydrogens (tertiary/aromatic N) is 3. The van der Waals surface area contributed by atoms with Gasteiger partial charge in [0.25, 0.3) is 5.56 Å². The lowest BCUT2D eigenvalue weighted by molar-refractivity contribution is 0.0338. The minimum atomic E-state index is 0.0367. The highest BCUT2D eigenvalue weighted by molar-refractivity contribution is 5.40. The molecular weight excluding hydrogens is 242 g/mol. The van der Waals surface area contributed by atoms with Crippen LogP contribution < -0.4 is 5.56 Å². The van der Waals surface area contributed by atoms with Gasteiger partial charge in [-0.3, -0.25) is 14.1 Å². The highest BCUT2D eigenvalue weighted by Crippen LogP contribution is 2.08. The Balaban J connectivity index is 2.00. The summed E-state index contributed by atoms with van der Waals surface area (Å²) >= 11 is 0. The van der Waals surface area contributed by atoms with E-state index in [4.69, 9.17) is 4.74 Å². The molecule has 1 aliphatic rings. The predicted molar refractivity (Wildman–Crippen MR) is 72.3 cm³/mol. The van der Waals surface area contributed by atoms with Crippen LogP contribution in [0.4, 0.5) is 0 Å². The third kappa shape index (κ3) is 2.39. The number of rotatable bonds is 2. The molecule has 0 aromatic carbocycles. The molecule has 0 bridgehead atoms. The zero-order valence-electron chi connectivity index (χ0n) is 11.0. The number of aromatic nitrogens is 2. The van der Waals surface area contributed by atoms with Crippen molar-refractivity contribution in [1.29, 1.82) is 0 Å². The number of ether oxygens (including phenoxy) is 1. The average molecular weight is 259 g/mol. The lowest BCUT2D eigenvalue weighted by Gasteiger charge is -2.26. The Morgan fingerprint density at radius 1 is 1.32 bits per heavy atom. The zero-order chi connectivity index (χ0) is 13.2. The molecule has 0 unspecified atom stereocenters. The number of pyridine rings is 1. The first-order valence-electron chi connectivity index (χ1n) is 6.53. The highest BCUT2D eigenvalue weighted by atomic mass is 16.5. The van der Waals surface area contributed by atoms with Crippen molar-refractivity contribution < 1.29 is 4.74 Å². The normalized spacial score (nSPS) is 16.9. The van der Waals surface area contributed by atoms with Crippen molar-refractivity contribution in [2.24, 2.45) is 0 Å². The van der Waals surface area contributed by atoms with Crippen molar-refractivity contribution in [2.75, 3.05) is 26.3 Å². The number of morpholine rings is 1. The van der Waals surface area contributed by atoms with E-state index in [0.29, 0.717) is 12.2 Å². The highest BCUT2D eigenvalue weighted by Gasteiger charge is 2.16. The molecule has 2 aromatic heterocycles. The van der Waals surface area contributed by atoms with Gasteiger partial charge in [0, 0.05) is 31.5 Å². The monoisotopic (exact) mass is 259 g/mol. The molecule has 5 heteroatoms. The summed E-state index contributed by atoms with van der Waals surface area (Å²) in [4.78, 5) is 19.2. The first-order chi connectivity index (χ1) is 9.25. The van der Waals surface area contributed by atoms with Crippen LogP contribution in [-0.2, 0) is 11.3 Å². The Bertz CT molecular complexity index is 645. The van der Waals surface area contributed by atoms with Crippen LogP contribution in [0.1, 0.15) is 11.3 Å². The molecule has 5 nitrogen and oxygen atoms in total. The van der Waals surface area contributed by atoms with Gasteiger partial charge in [-0.15, -0.1) is 0 Å². The molecule has 0 saturated carbocycles. The first kappa shape index (κ1) is 12.3. The van der Waals surface area contributed by atoms with Crippen molar-refractivity contribution in [3.8, 4) is 0 Å². The Labute approximate surface area is 111 Å². The molecule has 2 aromatic rings. The van der Waals surface area contributed by atoms with Crippen LogP contribution in [0, 0.1) is 6.92 Å². The summed E-state index contributed by atoms with van der Waals surface area (Å²) in [6.45, 7) is 5.78. The van der Waals surface area contributed by atoms with Gasteiger partial charge in [0.05, 0.1) is 18.8 Å². The van der Waals surface area contributed by atoms with Crippen LogP contribution in [0.5, 0.6) is 0 Å². The van der Waals surface area contributed by atoms with Gasteiger partial charge in [-0.1, -0.05) is 6.07 Å². The Morgan fingerprint density at radius 2 is 2.11 bits per heavy atom. The van der Waals surface area contributed by atoms with Crippen molar-refractivity contribution in [2.45, 2.75) is 13.5 Å². The van der Waals surface area contributed by atoms with E-state index in [1.807, 2.05) is 25.1 Å². The summed E-state index contributed by atoms with van der Waals surface area (Å²) in [5.41, 5.74) is 2.35. The molecule has 0 spiro atoms. The van der Waals surface area contributed by atoms with Gasteiger partial charge < -0.3 is 4.74 Å². The second kappa shape index (κ2) is 5.11. The minimum absolute atomic E-state index is 0.0367. The summed E-state index contributed by atoms with van der Waals surface area (Å²) in [7, 11) is 0. The van der Waals surface area contributed by atoms with E-state index >= 15 is 0 Å². The van der Waals surface area contributed by atoms with Gasteiger partial charge in [-0.2, -0.15) is 0 Å². The van der Waals surface area contributed by atoms with Crippen LogP contribution in [0.25, 0.3) is 5.65 Å². The van der Waals surface area contributed by atoms with Gasteiger partial charge in [0.1, 0.15) is 5.65 Å². The molecule has 100 valence electrons. The molecule has 0 radical (unpaired) electrons. The molecule has 0 N–H and O–H groups in total. The van der Waals surface area contributed by atoms with Crippen molar-refractivity contribution in [3.63, 3.8) is 0 Å². The van der Waals surface area contributed by atoms with E-state index in [9.17, 15) is 4.79 Å². The summed E-state index contributed by atoms with van der Waals surface area (Å²) in [6, 6.07) is 5.60. The molecule has 1 aliphatic heterocycles. The molecular formula is C14H17N3O2. The van der Waals surface area contributed by atoms with E-state index in [1.54, 1.807) is 10.6 Å². The first-order valence-corrected chi connectivity index (χ1v) is 6.53. The summed E-state index contributed by atoms with van der Waals surface area (Å²) in [5.74, 6) is 0. The summed E-state index contributed by atoms with van der Waals surface area (Å²) in [5, 5.41) is 0. The predicted octanol–water partition coefficient (Wildman–Crippen LogP) is 0.835. The minimum Gasteiger partial charge on any atom is -0.379 e. The van der Waals surface area contributed by atoms with E-state index in [-0.39, 0.29) is 5.56 Å². The van der Waals surface area contributed by atoms with Crippen LogP contribution in [0.2, 0.25) is 0 Å². The molecule has 1 saturated heterocycles. The Hall–Kier alpha value is -1.72. The second-order valence-electron chi connectivity index (χ2n) is 4.80. The quantitative estimate of drug-likeness (QED) is 0.801. The van der Waals surface area contributed by atoms with Crippen molar-refractivity contribution in [3.05, 3.63) is 46.0 Å². The standard InChI is InChI=1S/C14H17N3O2/c1-11-12(10-16-6-8-19-9-7-16)14(18)17-5-3-2-4-13(17)15-11/h2-5H,6-10H2,1H3. The van der Waals surface area contributed by atoms with Crippen LogP contribution in [-0.4, -0.2) is 40.6 Å². The van der Waals surface area contributed by atoms with E-state index in [2.05, 4.69) is 9.88 Å². The number of hydrogen-bond donors (Lipinski definition) is 0. The fourth-order valence-electron chi connectivity index (χ4n) is 2.40. The third-order valence-corrected chi connectivity index (χ3v) is 3.52. The smallest absolute Gasteiger partial charge is 0.262 e. The van der Waals surface area contributed by atoms with Crippen molar-refractivity contribution in [1.82, 2.24) is 14.3 Å². The molecule has 0 aliphatic carbocycles.